The molecule has 0 amide bonds. The Labute approximate surface area is 70.5 Å². The fraction of sp³-hybridized carbons (Fsp3) is 1.00. The smallest absolute Gasteiger partial charge is 0.0291 e. The Bertz CT molecular complexity index is 176. The number of alkyl halides is 1. The number of rotatable bonds is 0. The summed E-state index contributed by atoms with van der Waals surface area (Å²) in [5.74, 6) is 3.38. The highest BCUT2D eigenvalue weighted by molar-refractivity contribution is 9.10. The molecular formula is C9H13Br. The van der Waals surface area contributed by atoms with Gasteiger partial charge in [-0.25, -0.2) is 0 Å². The van der Waals surface area contributed by atoms with Gasteiger partial charge in [-0.15, -0.1) is 0 Å². The van der Waals surface area contributed by atoms with Crippen molar-refractivity contribution in [2.45, 2.75) is 36.4 Å². The standard InChI is InChI=1S/C9H13Br/c10-9-3-1-2-6(5-9)7-4-8(7)9/h6-8H,1-5H2. The molecule has 4 unspecified atom stereocenters. The zero-order chi connectivity index (χ0) is 6.77. The van der Waals surface area contributed by atoms with Gasteiger partial charge in [0, 0.05) is 4.32 Å². The summed E-state index contributed by atoms with van der Waals surface area (Å²) in [6, 6.07) is 0. The molecule has 0 aliphatic heterocycles. The zero-order valence-electron chi connectivity index (χ0n) is 6.15. The van der Waals surface area contributed by atoms with Crippen LogP contribution in [0.1, 0.15) is 32.1 Å². The maximum atomic E-state index is 3.94. The maximum absolute atomic E-state index is 3.94. The van der Waals surface area contributed by atoms with E-state index < -0.39 is 0 Å². The molecule has 10 heavy (non-hydrogen) atoms. The minimum absolute atomic E-state index is 0.639. The van der Waals surface area contributed by atoms with Gasteiger partial charge in [0.1, 0.15) is 0 Å². The van der Waals surface area contributed by atoms with E-state index in [0.29, 0.717) is 4.32 Å². The molecule has 0 saturated heterocycles. The monoisotopic (exact) mass is 200 g/mol. The van der Waals surface area contributed by atoms with Gasteiger partial charge >= 0.3 is 0 Å². The summed E-state index contributed by atoms with van der Waals surface area (Å²) in [6.07, 6.45) is 7.54. The van der Waals surface area contributed by atoms with Crippen LogP contribution < -0.4 is 0 Å². The lowest BCUT2D eigenvalue weighted by molar-refractivity contribution is 0.334. The lowest BCUT2D eigenvalue weighted by Gasteiger charge is -2.30. The van der Waals surface area contributed by atoms with Gasteiger partial charge in [-0.1, -0.05) is 28.8 Å². The predicted molar refractivity (Wildman–Crippen MR) is 45.2 cm³/mol. The second-order valence-electron chi connectivity index (χ2n) is 4.40. The topological polar surface area (TPSA) is 0 Å². The van der Waals surface area contributed by atoms with Crippen molar-refractivity contribution >= 4 is 15.9 Å². The van der Waals surface area contributed by atoms with Crippen molar-refractivity contribution in [1.82, 2.24) is 0 Å². The lowest BCUT2D eigenvalue weighted by Crippen LogP contribution is -2.25. The maximum Gasteiger partial charge on any atom is 0.0291 e. The van der Waals surface area contributed by atoms with Crippen LogP contribution in [0.5, 0.6) is 0 Å². The quantitative estimate of drug-likeness (QED) is 0.528. The molecule has 56 valence electrons. The molecule has 3 rings (SSSR count). The normalized spacial score (nSPS) is 63.9. The van der Waals surface area contributed by atoms with Crippen molar-refractivity contribution in [3.63, 3.8) is 0 Å². The molecule has 2 bridgehead atoms. The molecule has 0 radical (unpaired) electrons. The minimum atomic E-state index is 0.639. The molecule has 0 heterocycles. The Hall–Kier alpha value is 0.480. The van der Waals surface area contributed by atoms with Crippen LogP contribution in [0, 0.1) is 17.8 Å². The van der Waals surface area contributed by atoms with Crippen LogP contribution in [0.3, 0.4) is 0 Å². The molecule has 1 heteroatoms. The second-order valence-corrected chi connectivity index (χ2v) is 5.98. The Morgan fingerprint density at radius 2 is 2.30 bits per heavy atom. The van der Waals surface area contributed by atoms with E-state index in [-0.39, 0.29) is 0 Å². The molecular weight excluding hydrogens is 188 g/mol. The van der Waals surface area contributed by atoms with Gasteiger partial charge in [-0.05, 0) is 37.0 Å². The third kappa shape index (κ3) is 0.585. The van der Waals surface area contributed by atoms with Gasteiger partial charge in [-0.2, -0.15) is 0 Å². The van der Waals surface area contributed by atoms with E-state index >= 15 is 0 Å². The van der Waals surface area contributed by atoms with Crippen LogP contribution in [0.15, 0.2) is 0 Å². The lowest BCUT2D eigenvalue weighted by atomic mass is 9.84. The first kappa shape index (κ1) is 6.05. The highest BCUT2D eigenvalue weighted by Crippen LogP contribution is 2.68. The van der Waals surface area contributed by atoms with E-state index in [2.05, 4.69) is 15.9 Å². The van der Waals surface area contributed by atoms with Crippen molar-refractivity contribution in [2.24, 2.45) is 17.8 Å². The van der Waals surface area contributed by atoms with E-state index in [4.69, 9.17) is 0 Å². The number of halogens is 1. The summed E-state index contributed by atoms with van der Waals surface area (Å²) in [7, 11) is 0. The zero-order valence-corrected chi connectivity index (χ0v) is 7.73. The van der Waals surface area contributed by atoms with Gasteiger partial charge in [0.25, 0.3) is 0 Å². The summed E-state index contributed by atoms with van der Waals surface area (Å²) in [5.41, 5.74) is 0. The first-order valence-electron chi connectivity index (χ1n) is 4.48. The average molecular weight is 201 g/mol. The van der Waals surface area contributed by atoms with Crippen molar-refractivity contribution in [3.8, 4) is 0 Å². The Kier molecular flexibility index (Phi) is 0.983. The third-order valence-corrected chi connectivity index (χ3v) is 5.19. The van der Waals surface area contributed by atoms with Gasteiger partial charge in [0.15, 0.2) is 0 Å². The van der Waals surface area contributed by atoms with Crippen LogP contribution >= 0.6 is 15.9 Å². The number of fused-ring (bicyclic) bond motifs is 5. The highest BCUT2D eigenvalue weighted by Gasteiger charge is 2.62. The molecule has 0 aromatic carbocycles. The number of hydrogen-bond donors (Lipinski definition) is 0. The van der Waals surface area contributed by atoms with Crippen LogP contribution in [0.25, 0.3) is 0 Å². The Morgan fingerprint density at radius 3 is 3.00 bits per heavy atom. The van der Waals surface area contributed by atoms with Crippen molar-refractivity contribution in [1.29, 1.82) is 0 Å². The molecule has 3 aliphatic rings. The van der Waals surface area contributed by atoms with Gasteiger partial charge < -0.3 is 0 Å². The summed E-state index contributed by atoms with van der Waals surface area (Å²) in [6.45, 7) is 0. The van der Waals surface area contributed by atoms with Crippen LogP contribution in [-0.4, -0.2) is 4.32 Å². The first-order chi connectivity index (χ1) is 4.80. The predicted octanol–water partition coefficient (Wildman–Crippen LogP) is 2.96. The van der Waals surface area contributed by atoms with Crippen molar-refractivity contribution in [2.75, 3.05) is 0 Å². The first-order valence-corrected chi connectivity index (χ1v) is 5.28. The summed E-state index contributed by atoms with van der Waals surface area (Å²) in [4.78, 5) is 0. The summed E-state index contributed by atoms with van der Waals surface area (Å²) < 4.78 is 0.639. The fourth-order valence-electron chi connectivity index (χ4n) is 3.33. The highest BCUT2D eigenvalue weighted by atomic mass is 79.9. The molecule has 0 N–H and O–H groups in total. The van der Waals surface area contributed by atoms with Gasteiger partial charge in [-0.3, -0.25) is 0 Å². The van der Waals surface area contributed by atoms with Crippen molar-refractivity contribution in [3.05, 3.63) is 0 Å². The Morgan fingerprint density at radius 1 is 1.40 bits per heavy atom. The fourth-order valence-corrected chi connectivity index (χ4v) is 4.55. The van der Waals surface area contributed by atoms with E-state index in [1.165, 1.54) is 25.7 Å². The molecule has 0 spiro atoms. The largest absolute Gasteiger partial charge is 0.0850 e. The molecule has 3 saturated carbocycles. The van der Waals surface area contributed by atoms with Gasteiger partial charge in [0.2, 0.25) is 0 Å². The number of hydrogen-bond acceptors (Lipinski definition) is 0. The van der Waals surface area contributed by atoms with E-state index in [1.54, 1.807) is 6.42 Å². The Balaban J connectivity index is 1.98. The molecule has 3 aliphatic carbocycles. The van der Waals surface area contributed by atoms with E-state index in [0.717, 1.165) is 17.8 Å². The van der Waals surface area contributed by atoms with Crippen LogP contribution in [0.4, 0.5) is 0 Å². The van der Waals surface area contributed by atoms with Crippen LogP contribution in [0.2, 0.25) is 0 Å². The van der Waals surface area contributed by atoms with E-state index in [9.17, 15) is 0 Å². The third-order valence-electron chi connectivity index (χ3n) is 3.88. The molecule has 4 atom stereocenters. The van der Waals surface area contributed by atoms with Gasteiger partial charge in [0.05, 0.1) is 0 Å². The summed E-state index contributed by atoms with van der Waals surface area (Å²) in [5, 5.41) is 0. The molecule has 3 fully saturated rings. The molecule has 0 nitrogen and oxygen atoms in total. The minimum Gasteiger partial charge on any atom is -0.0850 e. The summed E-state index contributed by atoms with van der Waals surface area (Å²) >= 11 is 3.94. The average Bonchev–Trinajstić information content (AvgIpc) is 2.61. The molecule has 0 aromatic heterocycles. The van der Waals surface area contributed by atoms with Crippen molar-refractivity contribution < 1.29 is 0 Å². The second kappa shape index (κ2) is 1.63. The van der Waals surface area contributed by atoms with E-state index in [1.807, 2.05) is 0 Å². The van der Waals surface area contributed by atoms with Crippen LogP contribution in [-0.2, 0) is 0 Å². The molecule has 0 aromatic rings. The SMILES string of the molecule is BrC12CCCC(C1)C1CC12.